The molecule has 2 N–H and O–H groups in total. The number of carbonyl (C=O) groups excluding carboxylic acids is 1. The molecular formula is C20H25N3O4. The number of hydrogen-bond acceptors (Lipinski definition) is 4. The Labute approximate surface area is 158 Å². The zero-order chi connectivity index (χ0) is 19.1. The normalized spacial score (nSPS) is 14.8. The molecule has 1 amide bonds. The van der Waals surface area contributed by atoms with Gasteiger partial charge in [0.25, 0.3) is 0 Å². The van der Waals surface area contributed by atoms with Crippen LogP contribution in [0.2, 0.25) is 0 Å². The predicted octanol–water partition coefficient (Wildman–Crippen LogP) is 2.78. The van der Waals surface area contributed by atoms with Crippen LogP contribution in [0.25, 0.3) is 5.69 Å². The molecule has 0 radical (unpaired) electrons. The lowest BCUT2D eigenvalue weighted by Gasteiger charge is -2.21. The lowest BCUT2D eigenvalue weighted by molar-refractivity contribution is -0.121. The molecule has 27 heavy (non-hydrogen) atoms. The highest BCUT2D eigenvalue weighted by Gasteiger charge is 2.14. The first-order chi connectivity index (χ1) is 13.1. The Hall–Kier alpha value is -2.67. The van der Waals surface area contributed by atoms with Crippen molar-refractivity contribution in [3.8, 4) is 5.69 Å². The summed E-state index contributed by atoms with van der Waals surface area (Å²) in [5.41, 5.74) is 1.70. The minimum atomic E-state index is -1.06. The number of aromatic carboxylic acids is 1. The van der Waals surface area contributed by atoms with Gasteiger partial charge >= 0.3 is 5.97 Å². The summed E-state index contributed by atoms with van der Waals surface area (Å²) in [5.74, 6) is -0.314. The van der Waals surface area contributed by atoms with Crippen molar-refractivity contribution >= 4 is 11.9 Å². The van der Waals surface area contributed by atoms with Crippen LogP contribution < -0.4 is 5.32 Å². The number of ether oxygens (including phenoxy) is 1. The Morgan fingerprint density at radius 3 is 2.81 bits per heavy atom. The number of nitrogens with one attached hydrogen (secondary N) is 1. The SMILES string of the molecule is O=C(CCCC1CCOCC1)NCc1cccc(-n2ccc(C(=O)O)n2)c1. The van der Waals surface area contributed by atoms with E-state index in [9.17, 15) is 9.59 Å². The molecule has 7 nitrogen and oxygen atoms in total. The molecule has 0 bridgehead atoms. The summed E-state index contributed by atoms with van der Waals surface area (Å²) < 4.78 is 6.87. The Morgan fingerprint density at radius 2 is 2.07 bits per heavy atom. The molecule has 1 saturated heterocycles. The molecule has 3 rings (SSSR count). The van der Waals surface area contributed by atoms with Crippen molar-refractivity contribution in [3.63, 3.8) is 0 Å². The smallest absolute Gasteiger partial charge is 0.356 e. The Kier molecular flexibility index (Phi) is 6.59. The van der Waals surface area contributed by atoms with Gasteiger partial charge in [-0.2, -0.15) is 5.10 Å². The first-order valence-corrected chi connectivity index (χ1v) is 9.34. The second-order valence-corrected chi connectivity index (χ2v) is 6.85. The van der Waals surface area contributed by atoms with Crippen LogP contribution in [-0.4, -0.2) is 40.0 Å². The molecule has 7 heteroatoms. The first kappa shape index (κ1) is 19.1. The van der Waals surface area contributed by atoms with Crippen LogP contribution in [0, 0.1) is 5.92 Å². The number of carbonyl (C=O) groups is 2. The van der Waals surface area contributed by atoms with Crippen molar-refractivity contribution in [1.82, 2.24) is 15.1 Å². The lowest BCUT2D eigenvalue weighted by Crippen LogP contribution is -2.23. The quantitative estimate of drug-likeness (QED) is 0.744. The third kappa shape index (κ3) is 5.65. The van der Waals surface area contributed by atoms with Crippen LogP contribution in [-0.2, 0) is 16.1 Å². The van der Waals surface area contributed by atoms with E-state index in [1.54, 1.807) is 6.20 Å². The third-order valence-corrected chi connectivity index (χ3v) is 4.83. The topological polar surface area (TPSA) is 93.5 Å². The van der Waals surface area contributed by atoms with Gasteiger partial charge in [0, 0.05) is 32.4 Å². The largest absolute Gasteiger partial charge is 0.476 e. The second-order valence-electron chi connectivity index (χ2n) is 6.85. The van der Waals surface area contributed by atoms with Crippen molar-refractivity contribution in [1.29, 1.82) is 0 Å². The van der Waals surface area contributed by atoms with E-state index in [-0.39, 0.29) is 11.6 Å². The highest BCUT2D eigenvalue weighted by atomic mass is 16.5. The molecule has 144 valence electrons. The molecule has 0 saturated carbocycles. The van der Waals surface area contributed by atoms with Gasteiger partial charge in [0.05, 0.1) is 5.69 Å². The lowest BCUT2D eigenvalue weighted by atomic mass is 9.94. The number of carboxylic acids is 1. The molecule has 1 aromatic heterocycles. The predicted molar refractivity (Wildman–Crippen MR) is 99.8 cm³/mol. The van der Waals surface area contributed by atoms with E-state index in [1.165, 1.54) is 10.7 Å². The van der Waals surface area contributed by atoms with Crippen LogP contribution >= 0.6 is 0 Å². The molecule has 1 aliphatic heterocycles. The maximum atomic E-state index is 12.1. The van der Waals surface area contributed by atoms with Crippen molar-refractivity contribution in [2.75, 3.05) is 13.2 Å². The molecule has 2 heterocycles. The average molecular weight is 371 g/mol. The van der Waals surface area contributed by atoms with Gasteiger partial charge in [0.1, 0.15) is 0 Å². The van der Waals surface area contributed by atoms with E-state index in [0.29, 0.717) is 18.9 Å². The van der Waals surface area contributed by atoms with E-state index in [4.69, 9.17) is 9.84 Å². The number of rotatable bonds is 8. The van der Waals surface area contributed by atoms with Crippen molar-refractivity contribution in [2.24, 2.45) is 5.92 Å². The third-order valence-electron chi connectivity index (χ3n) is 4.83. The number of aromatic nitrogens is 2. The number of hydrogen-bond donors (Lipinski definition) is 2. The molecule has 0 aliphatic carbocycles. The van der Waals surface area contributed by atoms with Crippen molar-refractivity contribution < 1.29 is 19.4 Å². The Balaban J connectivity index is 1.46. The van der Waals surface area contributed by atoms with Crippen molar-refractivity contribution in [2.45, 2.75) is 38.6 Å². The minimum absolute atomic E-state index is 0.00164. The fourth-order valence-corrected chi connectivity index (χ4v) is 3.27. The van der Waals surface area contributed by atoms with E-state index in [2.05, 4.69) is 10.4 Å². The van der Waals surface area contributed by atoms with Gasteiger partial charge in [0.2, 0.25) is 5.91 Å². The van der Waals surface area contributed by atoms with E-state index >= 15 is 0 Å². The van der Waals surface area contributed by atoms with Gasteiger partial charge in [-0.25, -0.2) is 9.48 Å². The molecule has 1 aromatic carbocycles. The van der Waals surface area contributed by atoms with E-state index in [1.807, 2.05) is 24.3 Å². The van der Waals surface area contributed by atoms with Crippen molar-refractivity contribution in [3.05, 3.63) is 47.8 Å². The van der Waals surface area contributed by atoms with Crippen LogP contribution in [0.4, 0.5) is 0 Å². The molecular weight excluding hydrogens is 346 g/mol. The molecule has 0 spiro atoms. The van der Waals surface area contributed by atoms with Gasteiger partial charge in [-0.15, -0.1) is 0 Å². The summed E-state index contributed by atoms with van der Waals surface area (Å²) in [6, 6.07) is 8.98. The number of nitrogens with zero attached hydrogens (tertiary/aromatic N) is 2. The summed E-state index contributed by atoms with van der Waals surface area (Å²) >= 11 is 0. The second kappa shape index (κ2) is 9.32. The molecule has 1 fully saturated rings. The van der Waals surface area contributed by atoms with E-state index in [0.717, 1.165) is 50.1 Å². The Bertz CT molecular complexity index is 781. The average Bonchev–Trinajstić information content (AvgIpc) is 3.18. The van der Waals surface area contributed by atoms with Gasteiger partial charge < -0.3 is 15.2 Å². The van der Waals surface area contributed by atoms with Crippen LogP contribution in [0.5, 0.6) is 0 Å². The molecule has 0 atom stereocenters. The zero-order valence-corrected chi connectivity index (χ0v) is 15.3. The summed E-state index contributed by atoms with van der Waals surface area (Å²) in [6.45, 7) is 2.13. The van der Waals surface area contributed by atoms with E-state index < -0.39 is 5.97 Å². The first-order valence-electron chi connectivity index (χ1n) is 9.34. The van der Waals surface area contributed by atoms with Crippen LogP contribution in [0.15, 0.2) is 36.5 Å². The zero-order valence-electron chi connectivity index (χ0n) is 15.3. The highest BCUT2D eigenvalue weighted by molar-refractivity contribution is 5.85. The monoisotopic (exact) mass is 371 g/mol. The number of benzene rings is 1. The summed E-state index contributed by atoms with van der Waals surface area (Å²) in [7, 11) is 0. The van der Waals surface area contributed by atoms with Gasteiger partial charge in [-0.05, 0) is 55.4 Å². The maximum Gasteiger partial charge on any atom is 0.356 e. The van der Waals surface area contributed by atoms with Gasteiger partial charge in [-0.3, -0.25) is 4.79 Å². The molecule has 0 unspecified atom stereocenters. The van der Waals surface area contributed by atoms with Crippen LogP contribution in [0.1, 0.15) is 48.2 Å². The number of carboxylic acid groups (broad SMARTS) is 1. The fourth-order valence-electron chi connectivity index (χ4n) is 3.27. The van der Waals surface area contributed by atoms with Crippen LogP contribution in [0.3, 0.4) is 0 Å². The standard InChI is InChI=1S/C20H25N3O4/c24-19(6-2-3-15-8-11-27-12-9-15)21-14-16-4-1-5-17(13-16)23-10-7-18(22-23)20(25)26/h1,4-5,7,10,13,15H,2-3,6,8-9,11-12,14H2,(H,21,24)(H,25,26). The Morgan fingerprint density at radius 1 is 1.26 bits per heavy atom. The summed E-state index contributed by atoms with van der Waals surface area (Å²) in [4.78, 5) is 23.0. The van der Waals surface area contributed by atoms with Gasteiger partial charge in [-0.1, -0.05) is 12.1 Å². The fraction of sp³-hybridized carbons (Fsp3) is 0.450. The highest BCUT2D eigenvalue weighted by Crippen LogP contribution is 2.20. The molecule has 2 aromatic rings. The molecule has 1 aliphatic rings. The minimum Gasteiger partial charge on any atom is -0.476 e. The van der Waals surface area contributed by atoms with Gasteiger partial charge in [0.15, 0.2) is 5.69 Å². The maximum absolute atomic E-state index is 12.1. The summed E-state index contributed by atoms with van der Waals surface area (Å²) in [5, 5.41) is 15.9. The number of amides is 1. The summed E-state index contributed by atoms with van der Waals surface area (Å²) in [6.07, 6.45) is 6.34.